The molecule has 4 nitrogen and oxygen atoms in total. The van der Waals surface area contributed by atoms with Crippen LogP contribution in [-0.4, -0.2) is 16.2 Å². The number of hydrogen-bond acceptors (Lipinski definition) is 2. The summed E-state index contributed by atoms with van der Waals surface area (Å²) >= 11 is 3.34. The molecule has 0 radical (unpaired) electrons. The van der Waals surface area contributed by atoms with Gasteiger partial charge in [-0.25, -0.2) is 4.79 Å². The molecule has 0 saturated heterocycles. The fourth-order valence-electron chi connectivity index (χ4n) is 2.62. The maximum atomic E-state index is 11.0. The van der Waals surface area contributed by atoms with Crippen LogP contribution in [0.15, 0.2) is 22.8 Å². The van der Waals surface area contributed by atoms with Crippen LogP contribution >= 0.6 is 15.9 Å². The molecule has 1 aliphatic carbocycles. The molecule has 0 spiro atoms. The zero-order valence-electron chi connectivity index (χ0n) is 10.7. The molecular weight excluding hydrogens is 296 g/mol. The predicted octanol–water partition coefficient (Wildman–Crippen LogP) is 3.37. The molecule has 2 atom stereocenters. The highest BCUT2D eigenvalue weighted by Gasteiger charge is 2.62. The van der Waals surface area contributed by atoms with Gasteiger partial charge in [0.2, 0.25) is 0 Å². The summed E-state index contributed by atoms with van der Waals surface area (Å²) in [5.74, 6) is 0.273. The van der Waals surface area contributed by atoms with Crippen molar-refractivity contribution in [2.24, 2.45) is 11.3 Å². The summed E-state index contributed by atoms with van der Waals surface area (Å²) in [4.78, 5) is 15.4. The molecule has 1 aromatic heterocycles. The average molecular weight is 313 g/mol. The Morgan fingerprint density at radius 2 is 2.22 bits per heavy atom. The molecule has 1 aromatic rings. The van der Waals surface area contributed by atoms with Gasteiger partial charge in [-0.3, -0.25) is 4.98 Å². The van der Waals surface area contributed by atoms with Crippen molar-refractivity contribution in [3.05, 3.63) is 28.5 Å². The van der Waals surface area contributed by atoms with E-state index in [0.29, 0.717) is 0 Å². The van der Waals surface area contributed by atoms with Crippen molar-refractivity contribution in [3.63, 3.8) is 0 Å². The second-order valence-corrected chi connectivity index (χ2v) is 6.80. The van der Waals surface area contributed by atoms with Gasteiger partial charge in [-0.15, -0.1) is 0 Å². The van der Waals surface area contributed by atoms with E-state index in [4.69, 9.17) is 5.11 Å². The van der Waals surface area contributed by atoms with E-state index in [-0.39, 0.29) is 11.3 Å². The van der Waals surface area contributed by atoms with Crippen molar-refractivity contribution in [1.29, 1.82) is 0 Å². The van der Waals surface area contributed by atoms with Gasteiger partial charge in [-0.05, 0) is 45.8 Å². The summed E-state index contributed by atoms with van der Waals surface area (Å²) in [6.07, 6.45) is 1.52. The summed E-state index contributed by atoms with van der Waals surface area (Å²) < 4.78 is 0.893. The van der Waals surface area contributed by atoms with Crippen molar-refractivity contribution in [1.82, 2.24) is 10.3 Å². The van der Waals surface area contributed by atoms with Crippen molar-refractivity contribution in [2.45, 2.75) is 32.7 Å². The van der Waals surface area contributed by atoms with Crippen LogP contribution in [0.1, 0.15) is 32.9 Å². The number of nitrogens with zero attached hydrogens (tertiary/aromatic N) is 1. The number of rotatable bonds is 2. The van der Waals surface area contributed by atoms with E-state index in [2.05, 4.69) is 47.0 Å². The Balaban J connectivity index is 2.34. The molecule has 1 aliphatic rings. The van der Waals surface area contributed by atoms with Gasteiger partial charge in [0.25, 0.3) is 0 Å². The zero-order valence-corrected chi connectivity index (χ0v) is 12.3. The second-order valence-electron chi connectivity index (χ2n) is 5.89. The van der Waals surface area contributed by atoms with Crippen LogP contribution in [0, 0.1) is 11.3 Å². The quantitative estimate of drug-likeness (QED) is 0.880. The van der Waals surface area contributed by atoms with Gasteiger partial charge < -0.3 is 10.4 Å². The Hall–Kier alpha value is -1.10. The Kier molecular flexibility index (Phi) is 3.13. The fraction of sp³-hybridized carbons (Fsp3) is 0.538. The van der Waals surface area contributed by atoms with E-state index in [0.717, 1.165) is 16.6 Å². The van der Waals surface area contributed by atoms with Crippen LogP contribution in [0.2, 0.25) is 0 Å². The smallest absolute Gasteiger partial charge is 0.405 e. The van der Waals surface area contributed by atoms with Crippen LogP contribution in [0.5, 0.6) is 0 Å². The Morgan fingerprint density at radius 3 is 2.61 bits per heavy atom. The average Bonchev–Trinajstić information content (AvgIpc) is 2.93. The zero-order chi connectivity index (χ0) is 13.6. The van der Waals surface area contributed by atoms with Crippen molar-refractivity contribution in [2.75, 3.05) is 0 Å². The highest BCUT2D eigenvalue weighted by Crippen LogP contribution is 2.59. The number of halogens is 1. The molecule has 18 heavy (non-hydrogen) atoms. The van der Waals surface area contributed by atoms with Crippen LogP contribution in [-0.2, 0) is 5.54 Å². The third kappa shape index (κ3) is 2.36. The first-order valence-electron chi connectivity index (χ1n) is 5.89. The first kappa shape index (κ1) is 13.3. The number of hydrogen-bond donors (Lipinski definition) is 2. The monoisotopic (exact) mass is 312 g/mol. The normalized spacial score (nSPS) is 26.8. The highest BCUT2D eigenvalue weighted by molar-refractivity contribution is 9.10. The summed E-state index contributed by atoms with van der Waals surface area (Å²) in [6.45, 7) is 6.38. The highest BCUT2D eigenvalue weighted by atomic mass is 79.9. The van der Waals surface area contributed by atoms with Gasteiger partial charge >= 0.3 is 6.09 Å². The van der Waals surface area contributed by atoms with E-state index in [1.165, 1.54) is 0 Å². The Labute approximate surface area is 115 Å². The maximum absolute atomic E-state index is 11.0. The second kappa shape index (κ2) is 4.23. The lowest BCUT2D eigenvalue weighted by Crippen LogP contribution is -2.38. The molecule has 98 valence electrons. The topological polar surface area (TPSA) is 62.2 Å². The number of pyridine rings is 1. The Morgan fingerprint density at radius 1 is 1.56 bits per heavy atom. The molecule has 2 N–H and O–H groups in total. The van der Waals surface area contributed by atoms with Gasteiger partial charge in [-0.2, -0.15) is 0 Å². The van der Waals surface area contributed by atoms with E-state index in [1.807, 2.05) is 12.1 Å². The van der Waals surface area contributed by atoms with Crippen LogP contribution in [0.25, 0.3) is 0 Å². The predicted molar refractivity (Wildman–Crippen MR) is 72.3 cm³/mol. The molecular formula is C13H17BrN2O2. The first-order valence-corrected chi connectivity index (χ1v) is 6.68. The van der Waals surface area contributed by atoms with E-state index in [1.54, 1.807) is 6.20 Å². The number of carbonyl (C=O) groups is 1. The largest absolute Gasteiger partial charge is 0.465 e. The number of amides is 1. The molecule has 1 amide bonds. The third-order valence-corrected chi connectivity index (χ3v) is 3.99. The summed E-state index contributed by atoms with van der Waals surface area (Å²) in [5.41, 5.74) is 0.329. The standard InChI is InChI=1S/C13H17BrN2O2/c1-12(2,3)9-6-13(9,16-11(17)18)10-5-4-8(14)7-15-10/h4-5,7,9,16H,6H2,1-3H3,(H,17,18). The lowest BCUT2D eigenvalue weighted by molar-refractivity contribution is 0.182. The van der Waals surface area contributed by atoms with Crippen molar-refractivity contribution in [3.8, 4) is 0 Å². The first-order chi connectivity index (χ1) is 8.25. The molecule has 5 heteroatoms. The van der Waals surface area contributed by atoms with Gasteiger partial charge in [-0.1, -0.05) is 20.8 Å². The lowest BCUT2D eigenvalue weighted by Gasteiger charge is -2.24. The SMILES string of the molecule is CC(C)(C)C1CC1(NC(=O)O)c1ccc(Br)cn1. The van der Waals surface area contributed by atoms with Crippen LogP contribution in [0.4, 0.5) is 4.79 Å². The van der Waals surface area contributed by atoms with Crippen molar-refractivity contribution < 1.29 is 9.90 Å². The molecule has 0 aromatic carbocycles. The van der Waals surface area contributed by atoms with E-state index in [9.17, 15) is 4.79 Å². The minimum absolute atomic E-state index is 0.0528. The summed E-state index contributed by atoms with van der Waals surface area (Å²) in [5, 5.41) is 11.7. The number of carboxylic acid groups (broad SMARTS) is 1. The van der Waals surface area contributed by atoms with E-state index >= 15 is 0 Å². The lowest BCUT2D eigenvalue weighted by atomic mass is 9.86. The minimum atomic E-state index is -0.994. The van der Waals surface area contributed by atoms with Gasteiger partial charge in [0.05, 0.1) is 11.2 Å². The van der Waals surface area contributed by atoms with Crippen LogP contribution in [0.3, 0.4) is 0 Å². The molecule has 2 unspecified atom stereocenters. The van der Waals surface area contributed by atoms with Crippen molar-refractivity contribution >= 4 is 22.0 Å². The fourth-order valence-corrected chi connectivity index (χ4v) is 2.86. The van der Waals surface area contributed by atoms with Gasteiger partial charge in [0.1, 0.15) is 0 Å². The molecule has 0 bridgehead atoms. The summed E-state index contributed by atoms with van der Waals surface area (Å²) in [6, 6.07) is 3.78. The van der Waals surface area contributed by atoms with Crippen LogP contribution < -0.4 is 5.32 Å². The van der Waals surface area contributed by atoms with Gasteiger partial charge in [0, 0.05) is 10.7 Å². The van der Waals surface area contributed by atoms with E-state index < -0.39 is 11.6 Å². The molecule has 1 heterocycles. The Bertz CT molecular complexity index is 467. The summed E-state index contributed by atoms with van der Waals surface area (Å²) in [7, 11) is 0. The molecule has 1 saturated carbocycles. The van der Waals surface area contributed by atoms with Gasteiger partial charge in [0.15, 0.2) is 0 Å². The number of aromatic nitrogens is 1. The maximum Gasteiger partial charge on any atom is 0.405 e. The molecule has 0 aliphatic heterocycles. The molecule has 1 fully saturated rings. The minimum Gasteiger partial charge on any atom is -0.465 e. The number of nitrogens with one attached hydrogen (secondary N) is 1. The third-order valence-electron chi connectivity index (χ3n) is 3.52. The molecule has 2 rings (SSSR count).